The summed E-state index contributed by atoms with van der Waals surface area (Å²) in [6.45, 7) is -1.41. The standard InChI is InChI=1S/C16H14F3N3O3/c1-25-15(24)11-6-20-14(22-8-16(18,19)12(22)7-23)13(21-11)9-2-4-10(17)5-3-9/h2-6,12,23H,7-8H2,1H3. The summed E-state index contributed by atoms with van der Waals surface area (Å²) >= 11 is 0. The lowest BCUT2D eigenvalue weighted by Crippen LogP contribution is -2.67. The number of ether oxygens (including phenoxy) is 1. The number of aliphatic hydroxyl groups is 1. The lowest BCUT2D eigenvalue weighted by molar-refractivity contribution is -0.0855. The number of anilines is 1. The first-order valence-electron chi connectivity index (χ1n) is 7.34. The van der Waals surface area contributed by atoms with Gasteiger partial charge in [0.1, 0.15) is 17.6 Å². The number of aliphatic hydroxyl groups excluding tert-OH is 1. The molecule has 1 unspecified atom stereocenters. The van der Waals surface area contributed by atoms with E-state index in [1.54, 1.807) is 0 Å². The van der Waals surface area contributed by atoms with Gasteiger partial charge in [-0.05, 0) is 24.3 Å². The van der Waals surface area contributed by atoms with Crippen molar-refractivity contribution in [1.82, 2.24) is 9.97 Å². The molecular weight excluding hydrogens is 339 g/mol. The van der Waals surface area contributed by atoms with Gasteiger partial charge in [-0.25, -0.2) is 27.9 Å². The molecule has 9 heteroatoms. The van der Waals surface area contributed by atoms with Crippen molar-refractivity contribution in [1.29, 1.82) is 0 Å². The molecule has 1 N–H and O–H groups in total. The molecule has 1 aromatic carbocycles. The lowest BCUT2D eigenvalue weighted by Gasteiger charge is -2.47. The number of rotatable bonds is 4. The zero-order valence-electron chi connectivity index (χ0n) is 13.1. The Hall–Kier alpha value is -2.68. The number of halogens is 3. The van der Waals surface area contributed by atoms with Gasteiger partial charge in [0, 0.05) is 5.56 Å². The van der Waals surface area contributed by atoms with Crippen LogP contribution < -0.4 is 4.90 Å². The SMILES string of the molecule is COC(=O)c1cnc(N2CC(F)(F)C2CO)c(-c2ccc(F)cc2)n1. The number of alkyl halides is 2. The van der Waals surface area contributed by atoms with Crippen molar-refractivity contribution in [2.75, 3.05) is 25.2 Å². The normalized spacial score (nSPS) is 18.6. The number of methoxy groups -OCH3 is 1. The number of nitrogens with zero attached hydrogens (tertiary/aromatic N) is 3. The van der Waals surface area contributed by atoms with Crippen LogP contribution in [0.2, 0.25) is 0 Å². The molecule has 0 radical (unpaired) electrons. The zero-order chi connectivity index (χ0) is 18.2. The van der Waals surface area contributed by atoms with Gasteiger partial charge in [0.25, 0.3) is 5.92 Å². The summed E-state index contributed by atoms with van der Waals surface area (Å²) < 4.78 is 45.0. The van der Waals surface area contributed by atoms with Crippen molar-refractivity contribution in [3.8, 4) is 11.3 Å². The Morgan fingerprint density at radius 2 is 2.08 bits per heavy atom. The number of hydrogen-bond donors (Lipinski definition) is 1. The Bertz CT molecular complexity index is 799. The summed E-state index contributed by atoms with van der Waals surface area (Å²) in [5, 5.41) is 9.24. The first-order valence-corrected chi connectivity index (χ1v) is 7.34. The zero-order valence-corrected chi connectivity index (χ0v) is 13.1. The molecule has 1 fully saturated rings. The van der Waals surface area contributed by atoms with Crippen LogP contribution in [0.25, 0.3) is 11.3 Å². The maximum Gasteiger partial charge on any atom is 0.358 e. The van der Waals surface area contributed by atoms with Gasteiger partial charge in [0.15, 0.2) is 11.5 Å². The van der Waals surface area contributed by atoms with Crippen molar-refractivity contribution >= 4 is 11.8 Å². The van der Waals surface area contributed by atoms with E-state index >= 15 is 0 Å². The summed E-state index contributed by atoms with van der Waals surface area (Å²) in [4.78, 5) is 21.1. The highest BCUT2D eigenvalue weighted by atomic mass is 19.3. The van der Waals surface area contributed by atoms with E-state index in [2.05, 4.69) is 14.7 Å². The highest BCUT2D eigenvalue weighted by Crippen LogP contribution is 2.40. The Labute approximate surface area is 140 Å². The maximum atomic E-state index is 13.6. The van der Waals surface area contributed by atoms with Gasteiger partial charge < -0.3 is 14.7 Å². The van der Waals surface area contributed by atoms with Crippen molar-refractivity contribution in [3.05, 3.63) is 42.0 Å². The monoisotopic (exact) mass is 353 g/mol. The second-order valence-corrected chi connectivity index (χ2v) is 5.51. The van der Waals surface area contributed by atoms with Crippen LogP contribution >= 0.6 is 0 Å². The van der Waals surface area contributed by atoms with Crippen LogP contribution in [-0.2, 0) is 4.74 Å². The first kappa shape index (κ1) is 17.2. The fourth-order valence-electron chi connectivity index (χ4n) is 2.61. The van der Waals surface area contributed by atoms with E-state index in [9.17, 15) is 23.1 Å². The molecule has 6 nitrogen and oxygen atoms in total. The Balaban J connectivity index is 2.09. The van der Waals surface area contributed by atoms with Gasteiger partial charge in [-0.1, -0.05) is 0 Å². The molecule has 0 spiro atoms. The third-order valence-electron chi connectivity index (χ3n) is 3.96. The number of aromatic nitrogens is 2. The van der Waals surface area contributed by atoms with Crippen molar-refractivity contribution in [2.45, 2.75) is 12.0 Å². The predicted molar refractivity (Wildman–Crippen MR) is 81.9 cm³/mol. The minimum atomic E-state index is -3.06. The number of carbonyl (C=O) groups excluding carboxylic acids is 1. The highest BCUT2D eigenvalue weighted by Gasteiger charge is 2.55. The van der Waals surface area contributed by atoms with E-state index < -0.39 is 36.9 Å². The minimum Gasteiger partial charge on any atom is -0.464 e. The van der Waals surface area contributed by atoms with Gasteiger partial charge in [0.2, 0.25) is 0 Å². The summed E-state index contributed by atoms with van der Waals surface area (Å²) in [6, 6.07) is 3.72. The molecule has 3 rings (SSSR count). The van der Waals surface area contributed by atoms with E-state index in [1.165, 1.54) is 36.3 Å². The number of benzene rings is 1. The molecule has 1 aliphatic heterocycles. The summed E-state index contributed by atoms with van der Waals surface area (Å²) in [5.41, 5.74) is 0.400. The Morgan fingerprint density at radius 1 is 1.40 bits per heavy atom. The van der Waals surface area contributed by atoms with E-state index in [0.717, 1.165) is 6.20 Å². The molecule has 0 bridgehead atoms. The Morgan fingerprint density at radius 3 is 2.64 bits per heavy atom. The smallest absolute Gasteiger partial charge is 0.358 e. The molecule has 1 aliphatic rings. The largest absolute Gasteiger partial charge is 0.464 e. The number of esters is 1. The highest BCUT2D eigenvalue weighted by molar-refractivity contribution is 5.88. The first-order chi connectivity index (χ1) is 11.9. The van der Waals surface area contributed by atoms with Gasteiger partial charge in [-0.2, -0.15) is 0 Å². The molecule has 1 saturated heterocycles. The molecule has 2 aromatic rings. The average Bonchev–Trinajstić information content (AvgIpc) is 2.60. The fourth-order valence-corrected chi connectivity index (χ4v) is 2.61. The van der Waals surface area contributed by atoms with Crippen LogP contribution in [-0.4, -0.2) is 53.3 Å². The van der Waals surface area contributed by atoms with Crippen LogP contribution in [0.15, 0.2) is 30.5 Å². The topological polar surface area (TPSA) is 75.5 Å². The molecule has 25 heavy (non-hydrogen) atoms. The molecular formula is C16H14F3N3O3. The Kier molecular flexibility index (Phi) is 4.34. The second kappa shape index (κ2) is 6.32. The van der Waals surface area contributed by atoms with E-state index in [1.807, 2.05) is 0 Å². The molecule has 1 aromatic heterocycles. The summed E-state index contributed by atoms with van der Waals surface area (Å²) in [6.07, 6.45) is 1.11. The van der Waals surface area contributed by atoms with Crippen LogP contribution in [0.4, 0.5) is 19.0 Å². The third-order valence-corrected chi connectivity index (χ3v) is 3.96. The molecule has 0 aliphatic carbocycles. The minimum absolute atomic E-state index is 0.0734. The van der Waals surface area contributed by atoms with Crippen LogP contribution in [0.5, 0.6) is 0 Å². The maximum absolute atomic E-state index is 13.6. The quantitative estimate of drug-likeness (QED) is 0.846. The molecule has 1 atom stereocenters. The van der Waals surface area contributed by atoms with E-state index in [4.69, 9.17) is 0 Å². The molecule has 132 valence electrons. The van der Waals surface area contributed by atoms with Crippen molar-refractivity contribution in [2.24, 2.45) is 0 Å². The predicted octanol–water partition coefficient (Wildman–Crippen LogP) is 1.89. The van der Waals surface area contributed by atoms with Gasteiger partial charge in [0.05, 0.1) is 26.5 Å². The van der Waals surface area contributed by atoms with Crippen LogP contribution in [0.3, 0.4) is 0 Å². The number of carbonyl (C=O) groups is 1. The lowest BCUT2D eigenvalue weighted by atomic mass is 9.97. The van der Waals surface area contributed by atoms with Gasteiger partial charge in [-0.15, -0.1) is 0 Å². The molecule has 0 saturated carbocycles. The van der Waals surface area contributed by atoms with Gasteiger partial charge >= 0.3 is 5.97 Å². The average molecular weight is 353 g/mol. The summed E-state index contributed by atoms with van der Waals surface area (Å²) in [7, 11) is 1.17. The van der Waals surface area contributed by atoms with Crippen molar-refractivity contribution < 1.29 is 27.8 Å². The number of hydrogen-bond acceptors (Lipinski definition) is 6. The van der Waals surface area contributed by atoms with E-state index in [0.29, 0.717) is 5.56 Å². The fraction of sp³-hybridized carbons (Fsp3) is 0.312. The summed E-state index contributed by atoms with van der Waals surface area (Å²) in [5.74, 6) is -4.21. The van der Waals surface area contributed by atoms with Crippen LogP contribution in [0.1, 0.15) is 10.5 Å². The van der Waals surface area contributed by atoms with Gasteiger partial charge in [-0.3, -0.25) is 0 Å². The third kappa shape index (κ3) is 3.02. The second-order valence-electron chi connectivity index (χ2n) is 5.51. The van der Waals surface area contributed by atoms with E-state index in [-0.39, 0.29) is 17.2 Å². The molecule has 0 amide bonds. The van der Waals surface area contributed by atoms with Crippen LogP contribution in [0, 0.1) is 5.82 Å². The molecule has 2 heterocycles. The van der Waals surface area contributed by atoms with Crippen molar-refractivity contribution in [3.63, 3.8) is 0 Å².